The third-order valence-electron chi connectivity index (χ3n) is 8.23. The summed E-state index contributed by atoms with van der Waals surface area (Å²) in [5.74, 6) is 2.27. The minimum absolute atomic E-state index is 0.0178. The maximum Gasteiger partial charge on any atom is 0.225 e. The summed E-state index contributed by atoms with van der Waals surface area (Å²) >= 11 is 6.50. The minimum Gasteiger partial charge on any atom is -0.339 e. The molecule has 2 saturated carbocycles. The van der Waals surface area contributed by atoms with Crippen molar-refractivity contribution in [2.75, 3.05) is 11.9 Å². The second kappa shape index (κ2) is 8.08. The molecule has 1 saturated heterocycles. The Morgan fingerprint density at radius 2 is 2.03 bits per heavy atom. The van der Waals surface area contributed by atoms with Gasteiger partial charge in [0.1, 0.15) is 5.82 Å². The Morgan fingerprint density at radius 3 is 2.76 bits per heavy atom. The number of nitrogens with one attached hydrogen (secondary N) is 1. The molecule has 2 aromatic rings. The number of carbonyl (C=O) groups is 2. The first-order chi connectivity index (χ1) is 16.3. The van der Waals surface area contributed by atoms with E-state index in [1.165, 1.54) is 5.69 Å². The summed E-state index contributed by atoms with van der Waals surface area (Å²) in [6.45, 7) is 6.26. The standard InChI is InChI=1S/C26H32ClN5O2/c1-26(2)10-22-20(11-29-32(22)14-26)19-9-23(28-12-21(19)27)30-24(33)6-5-16-7-18-8-17(16)13-31(18)25(34)15-3-4-15/h9,11-12,15-18H,3-8,10,13-14H2,1-2H3,(H,28,30,33)/t16-,17-,18+/m1/s1. The van der Waals surface area contributed by atoms with Crippen LogP contribution >= 0.6 is 11.6 Å². The number of pyridine rings is 1. The van der Waals surface area contributed by atoms with Gasteiger partial charge in [-0.2, -0.15) is 5.10 Å². The van der Waals surface area contributed by atoms with Crippen molar-refractivity contribution in [2.24, 2.45) is 23.2 Å². The van der Waals surface area contributed by atoms with Crippen molar-refractivity contribution in [2.45, 2.75) is 71.4 Å². The molecular weight excluding hydrogens is 450 g/mol. The smallest absolute Gasteiger partial charge is 0.225 e. The Labute approximate surface area is 205 Å². The Bertz CT molecular complexity index is 1150. The molecule has 0 radical (unpaired) electrons. The van der Waals surface area contributed by atoms with Crippen LogP contribution in [0.2, 0.25) is 5.02 Å². The molecule has 2 aliphatic carbocycles. The number of fused-ring (bicyclic) bond motifs is 3. The van der Waals surface area contributed by atoms with E-state index in [0.717, 1.165) is 62.7 Å². The summed E-state index contributed by atoms with van der Waals surface area (Å²) in [5, 5.41) is 8.08. The van der Waals surface area contributed by atoms with Crippen LogP contribution in [0.15, 0.2) is 18.5 Å². The number of amides is 2. The lowest BCUT2D eigenvalue weighted by atomic mass is 9.89. The average molecular weight is 482 g/mol. The van der Waals surface area contributed by atoms with E-state index < -0.39 is 0 Å². The van der Waals surface area contributed by atoms with Crippen molar-refractivity contribution in [3.8, 4) is 11.1 Å². The Balaban J connectivity index is 1.07. The predicted octanol–water partition coefficient (Wildman–Crippen LogP) is 4.55. The molecule has 3 fully saturated rings. The van der Waals surface area contributed by atoms with Gasteiger partial charge in [-0.25, -0.2) is 4.98 Å². The van der Waals surface area contributed by atoms with Gasteiger partial charge in [-0.05, 0) is 61.8 Å². The van der Waals surface area contributed by atoms with Crippen LogP contribution in [-0.4, -0.2) is 44.1 Å². The molecular formula is C26H32ClN5O2. The van der Waals surface area contributed by atoms with Crippen LogP contribution in [-0.2, 0) is 22.6 Å². The summed E-state index contributed by atoms with van der Waals surface area (Å²) in [6, 6.07) is 2.26. The molecule has 4 heterocycles. The van der Waals surface area contributed by atoms with Gasteiger partial charge in [0.15, 0.2) is 0 Å². The zero-order valence-corrected chi connectivity index (χ0v) is 20.6. The van der Waals surface area contributed by atoms with E-state index in [2.05, 4.69) is 38.8 Å². The fraction of sp³-hybridized carbons (Fsp3) is 0.615. The van der Waals surface area contributed by atoms with Crippen molar-refractivity contribution in [1.82, 2.24) is 19.7 Å². The molecule has 180 valence electrons. The second-order valence-electron chi connectivity index (χ2n) is 11.6. The van der Waals surface area contributed by atoms with E-state index in [1.807, 2.05) is 12.3 Å². The zero-order valence-electron chi connectivity index (χ0n) is 19.9. The summed E-state index contributed by atoms with van der Waals surface area (Å²) < 4.78 is 2.05. The SMILES string of the molecule is CC1(C)Cc2c(-c3cc(NC(=O)CC[C@@H]4C[C@H]5C[C@@H]4CN5C(=O)C4CC4)ncc3Cl)cnn2C1. The van der Waals surface area contributed by atoms with Crippen molar-refractivity contribution < 1.29 is 9.59 Å². The maximum atomic E-state index is 12.7. The van der Waals surface area contributed by atoms with Crippen molar-refractivity contribution in [3.63, 3.8) is 0 Å². The molecule has 2 amide bonds. The number of halogens is 1. The maximum absolute atomic E-state index is 12.7. The van der Waals surface area contributed by atoms with E-state index in [0.29, 0.717) is 47.0 Å². The summed E-state index contributed by atoms with van der Waals surface area (Å²) in [5.41, 5.74) is 3.23. The van der Waals surface area contributed by atoms with Gasteiger partial charge in [-0.1, -0.05) is 25.4 Å². The van der Waals surface area contributed by atoms with Gasteiger partial charge >= 0.3 is 0 Å². The summed E-state index contributed by atoms with van der Waals surface area (Å²) in [7, 11) is 0. The van der Waals surface area contributed by atoms with E-state index in [-0.39, 0.29) is 11.3 Å². The lowest BCUT2D eigenvalue weighted by Crippen LogP contribution is -2.41. The molecule has 34 heavy (non-hydrogen) atoms. The third kappa shape index (κ3) is 4.02. The number of rotatable bonds is 6. The van der Waals surface area contributed by atoms with Gasteiger partial charge < -0.3 is 10.2 Å². The lowest BCUT2D eigenvalue weighted by molar-refractivity contribution is -0.134. The quantitative estimate of drug-likeness (QED) is 0.656. The van der Waals surface area contributed by atoms with Gasteiger partial charge in [0.25, 0.3) is 0 Å². The van der Waals surface area contributed by atoms with Crippen molar-refractivity contribution >= 4 is 29.2 Å². The van der Waals surface area contributed by atoms with E-state index in [1.54, 1.807) is 6.20 Å². The Morgan fingerprint density at radius 1 is 1.21 bits per heavy atom. The number of aromatic nitrogens is 3. The zero-order chi connectivity index (χ0) is 23.6. The predicted molar refractivity (Wildman–Crippen MR) is 130 cm³/mol. The molecule has 4 aliphatic rings. The van der Waals surface area contributed by atoms with E-state index in [4.69, 9.17) is 11.6 Å². The highest BCUT2D eigenvalue weighted by Gasteiger charge is 2.48. The van der Waals surface area contributed by atoms with Gasteiger partial charge in [0.2, 0.25) is 11.8 Å². The summed E-state index contributed by atoms with van der Waals surface area (Å²) in [6.07, 6.45) is 10.0. The fourth-order valence-electron chi connectivity index (χ4n) is 6.36. The molecule has 8 heteroatoms. The number of anilines is 1. The first-order valence-electron chi connectivity index (χ1n) is 12.6. The normalized spacial score (nSPS) is 26.7. The Hall–Kier alpha value is -2.41. The van der Waals surface area contributed by atoms with Gasteiger partial charge in [0, 0.05) is 54.5 Å². The number of piperidine rings is 1. The number of nitrogens with zero attached hydrogens (tertiary/aromatic N) is 4. The molecule has 3 atom stereocenters. The van der Waals surface area contributed by atoms with Crippen LogP contribution in [0.1, 0.15) is 58.1 Å². The minimum atomic E-state index is -0.0178. The van der Waals surface area contributed by atoms with Crippen molar-refractivity contribution in [1.29, 1.82) is 0 Å². The molecule has 0 unspecified atom stereocenters. The molecule has 7 nitrogen and oxygen atoms in total. The van der Waals surface area contributed by atoms with Gasteiger partial charge in [-0.3, -0.25) is 14.3 Å². The number of likely N-dealkylation sites (tertiary alicyclic amines) is 1. The van der Waals surface area contributed by atoms with Crippen LogP contribution in [0.5, 0.6) is 0 Å². The molecule has 2 aliphatic heterocycles. The highest BCUT2D eigenvalue weighted by atomic mass is 35.5. The highest BCUT2D eigenvalue weighted by Crippen LogP contribution is 2.46. The first kappa shape index (κ1) is 22.1. The number of hydrogen-bond acceptors (Lipinski definition) is 4. The molecule has 2 bridgehead atoms. The monoisotopic (exact) mass is 481 g/mol. The van der Waals surface area contributed by atoms with Gasteiger partial charge in [0.05, 0.1) is 11.2 Å². The van der Waals surface area contributed by atoms with Crippen LogP contribution in [0.25, 0.3) is 11.1 Å². The number of hydrogen-bond donors (Lipinski definition) is 1. The van der Waals surface area contributed by atoms with Crippen LogP contribution in [0.4, 0.5) is 5.82 Å². The largest absolute Gasteiger partial charge is 0.339 e. The van der Waals surface area contributed by atoms with Crippen molar-refractivity contribution in [3.05, 3.63) is 29.2 Å². The van der Waals surface area contributed by atoms with Crippen LogP contribution < -0.4 is 5.32 Å². The fourth-order valence-corrected chi connectivity index (χ4v) is 6.56. The molecule has 0 aromatic carbocycles. The number of carbonyl (C=O) groups excluding carboxylic acids is 2. The average Bonchev–Trinajstić information content (AvgIpc) is 3.12. The van der Waals surface area contributed by atoms with E-state index in [9.17, 15) is 9.59 Å². The summed E-state index contributed by atoms with van der Waals surface area (Å²) in [4.78, 5) is 31.7. The van der Waals surface area contributed by atoms with Gasteiger partial charge in [-0.15, -0.1) is 0 Å². The third-order valence-corrected chi connectivity index (χ3v) is 8.53. The highest BCUT2D eigenvalue weighted by molar-refractivity contribution is 6.33. The lowest BCUT2D eigenvalue weighted by Gasteiger charge is -2.31. The molecule has 0 spiro atoms. The molecule has 1 N–H and O–H groups in total. The van der Waals surface area contributed by atoms with E-state index >= 15 is 0 Å². The topological polar surface area (TPSA) is 80.1 Å². The van der Waals surface area contributed by atoms with Crippen LogP contribution in [0.3, 0.4) is 0 Å². The second-order valence-corrected chi connectivity index (χ2v) is 12.0. The van der Waals surface area contributed by atoms with Crippen LogP contribution in [0, 0.1) is 23.2 Å². The Kier molecular flexibility index (Phi) is 5.24. The molecule has 6 rings (SSSR count). The first-order valence-corrected chi connectivity index (χ1v) is 13.0. The molecule has 2 aromatic heterocycles.